The number of rotatable bonds is 10. The number of carbonyl (C=O) groups is 2. The van der Waals surface area contributed by atoms with E-state index in [1.54, 1.807) is 13.0 Å². The van der Waals surface area contributed by atoms with Crippen LogP contribution < -0.4 is 19.1 Å². The van der Waals surface area contributed by atoms with Gasteiger partial charge in [0, 0.05) is 18.2 Å². The molecule has 0 saturated carbocycles. The lowest BCUT2D eigenvalue weighted by molar-refractivity contribution is -0.140. The van der Waals surface area contributed by atoms with Crippen LogP contribution in [0.1, 0.15) is 38.8 Å². The molecule has 0 aromatic heterocycles. The first-order valence-electron chi connectivity index (χ1n) is 11.5. The van der Waals surface area contributed by atoms with Crippen molar-refractivity contribution in [3.05, 3.63) is 53.6 Å². The van der Waals surface area contributed by atoms with Gasteiger partial charge in [-0.2, -0.15) is 0 Å². The molecular formula is C26H37N3O6S. The van der Waals surface area contributed by atoms with Gasteiger partial charge in [0.15, 0.2) is 11.5 Å². The van der Waals surface area contributed by atoms with E-state index in [2.05, 4.69) is 5.32 Å². The van der Waals surface area contributed by atoms with Gasteiger partial charge in [-0.25, -0.2) is 8.42 Å². The number of sulfonamides is 1. The fraction of sp³-hybridized carbons (Fsp3) is 0.462. The summed E-state index contributed by atoms with van der Waals surface area (Å²) in [5, 5.41) is 2.90. The van der Waals surface area contributed by atoms with Crippen molar-refractivity contribution in [3.8, 4) is 11.5 Å². The molecule has 1 N–H and O–H groups in total. The third kappa shape index (κ3) is 7.61. The normalized spacial score (nSPS) is 12.4. The second kappa shape index (κ2) is 11.6. The van der Waals surface area contributed by atoms with Gasteiger partial charge in [-0.05, 0) is 57.9 Å². The summed E-state index contributed by atoms with van der Waals surface area (Å²) in [5.41, 5.74) is 1.56. The number of nitrogens with zero attached hydrogens (tertiary/aromatic N) is 2. The van der Waals surface area contributed by atoms with Gasteiger partial charge in [-0.15, -0.1) is 0 Å². The number of hydrogen-bond acceptors (Lipinski definition) is 6. The Kier molecular flexibility index (Phi) is 9.37. The Morgan fingerprint density at radius 2 is 1.64 bits per heavy atom. The minimum Gasteiger partial charge on any atom is -0.493 e. The van der Waals surface area contributed by atoms with Crippen molar-refractivity contribution in [2.24, 2.45) is 0 Å². The summed E-state index contributed by atoms with van der Waals surface area (Å²) in [6.07, 6.45) is 1.03. The number of anilines is 1. The van der Waals surface area contributed by atoms with Gasteiger partial charge in [0.2, 0.25) is 21.8 Å². The van der Waals surface area contributed by atoms with Crippen LogP contribution in [-0.4, -0.2) is 63.7 Å². The third-order valence-electron chi connectivity index (χ3n) is 5.60. The van der Waals surface area contributed by atoms with Crippen molar-refractivity contribution in [3.63, 3.8) is 0 Å². The zero-order chi connectivity index (χ0) is 27.3. The average molecular weight is 520 g/mol. The molecule has 2 aromatic rings. The first kappa shape index (κ1) is 29.0. The largest absolute Gasteiger partial charge is 0.493 e. The summed E-state index contributed by atoms with van der Waals surface area (Å²) in [5.74, 6) is -0.100. The van der Waals surface area contributed by atoms with E-state index in [-0.39, 0.29) is 18.1 Å². The number of ether oxygens (including phenoxy) is 2. The Balaban J connectivity index is 2.47. The van der Waals surface area contributed by atoms with E-state index in [1.165, 1.54) is 31.3 Å². The topological polar surface area (TPSA) is 105 Å². The summed E-state index contributed by atoms with van der Waals surface area (Å²) < 4.78 is 37.0. The summed E-state index contributed by atoms with van der Waals surface area (Å²) in [6, 6.07) is 11.3. The van der Waals surface area contributed by atoms with E-state index >= 15 is 0 Å². The van der Waals surface area contributed by atoms with E-state index in [9.17, 15) is 18.0 Å². The molecule has 0 saturated heterocycles. The highest BCUT2D eigenvalue weighted by Crippen LogP contribution is 2.32. The molecule has 1 unspecified atom stereocenters. The van der Waals surface area contributed by atoms with Crippen LogP contribution in [0.4, 0.5) is 5.69 Å². The molecule has 0 radical (unpaired) electrons. The van der Waals surface area contributed by atoms with Crippen LogP contribution >= 0.6 is 0 Å². The smallest absolute Gasteiger partial charge is 0.244 e. The maximum atomic E-state index is 13.7. The molecule has 198 valence electrons. The second-order valence-electron chi connectivity index (χ2n) is 9.67. The van der Waals surface area contributed by atoms with Crippen molar-refractivity contribution in [1.82, 2.24) is 10.2 Å². The number of amides is 2. The molecule has 2 aromatic carbocycles. The molecule has 2 amide bonds. The average Bonchev–Trinajstić information content (AvgIpc) is 2.79. The first-order valence-corrected chi connectivity index (χ1v) is 13.4. The highest BCUT2D eigenvalue weighted by Gasteiger charge is 2.31. The number of hydrogen-bond donors (Lipinski definition) is 1. The lowest BCUT2D eigenvalue weighted by atomic mass is 10.1. The summed E-state index contributed by atoms with van der Waals surface area (Å²) in [6.45, 7) is 8.78. The molecule has 0 aliphatic heterocycles. The number of nitrogens with one attached hydrogen (secondary N) is 1. The van der Waals surface area contributed by atoms with Crippen molar-refractivity contribution in [2.45, 2.75) is 52.7 Å². The summed E-state index contributed by atoms with van der Waals surface area (Å²) in [4.78, 5) is 28.1. The summed E-state index contributed by atoms with van der Waals surface area (Å²) in [7, 11) is -0.941. The Morgan fingerprint density at radius 1 is 1.03 bits per heavy atom. The zero-order valence-electron chi connectivity index (χ0n) is 22.3. The van der Waals surface area contributed by atoms with E-state index in [0.29, 0.717) is 11.5 Å². The Labute approximate surface area is 214 Å². The van der Waals surface area contributed by atoms with Crippen LogP contribution in [0.25, 0.3) is 0 Å². The minimum absolute atomic E-state index is 0.147. The lowest BCUT2D eigenvalue weighted by Gasteiger charge is -2.33. The number of carbonyl (C=O) groups excluding carboxylic acids is 2. The van der Waals surface area contributed by atoms with Gasteiger partial charge in [-0.1, -0.05) is 24.3 Å². The van der Waals surface area contributed by atoms with Gasteiger partial charge in [0.1, 0.15) is 12.6 Å². The van der Waals surface area contributed by atoms with Crippen LogP contribution in [-0.2, 0) is 26.2 Å². The molecule has 10 heteroatoms. The number of methoxy groups -OCH3 is 2. The Bertz CT molecular complexity index is 1190. The molecule has 0 aliphatic rings. The molecule has 0 bridgehead atoms. The lowest BCUT2D eigenvalue weighted by Crippen LogP contribution is -2.54. The van der Waals surface area contributed by atoms with Crippen molar-refractivity contribution >= 4 is 27.5 Å². The molecule has 36 heavy (non-hydrogen) atoms. The van der Waals surface area contributed by atoms with Gasteiger partial charge in [0.25, 0.3) is 0 Å². The van der Waals surface area contributed by atoms with E-state index in [4.69, 9.17) is 9.47 Å². The molecule has 0 spiro atoms. The van der Waals surface area contributed by atoms with Gasteiger partial charge >= 0.3 is 0 Å². The van der Waals surface area contributed by atoms with Crippen molar-refractivity contribution < 1.29 is 27.5 Å². The maximum Gasteiger partial charge on any atom is 0.244 e. The molecular weight excluding hydrogens is 482 g/mol. The molecule has 2 rings (SSSR count). The molecule has 0 heterocycles. The van der Waals surface area contributed by atoms with Gasteiger partial charge in [0.05, 0.1) is 26.2 Å². The minimum atomic E-state index is -3.86. The third-order valence-corrected chi connectivity index (χ3v) is 6.74. The Hall–Kier alpha value is -3.27. The SMILES string of the molecule is COc1ccc(N(CC(=O)N(Cc2ccccc2C)C(C)C(=O)NC(C)(C)C)S(C)(=O)=O)cc1OC. The highest BCUT2D eigenvalue weighted by molar-refractivity contribution is 7.92. The standard InChI is InChI=1S/C26H37N3O6S/c1-18-11-9-10-12-20(18)16-28(19(2)25(31)27-26(3,4)5)24(30)17-29(36(8,32)33)21-13-14-22(34-6)23(15-21)35-7/h9-15,19H,16-17H2,1-8H3,(H,27,31). The molecule has 0 fully saturated rings. The molecule has 9 nitrogen and oxygen atoms in total. The molecule has 1 atom stereocenters. The fourth-order valence-corrected chi connectivity index (χ4v) is 4.46. The fourth-order valence-electron chi connectivity index (χ4n) is 3.62. The van der Waals surface area contributed by atoms with Crippen LogP contribution in [0.2, 0.25) is 0 Å². The Morgan fingerprint density at radius 3 is 2.17 bits per heavy atom. The van der Waals surface area contributed by atoms with E-state index in [0.717, 1.165) is 21.7 Å². The van der Waals surface area contributed by atoms with E-state index in [1.807, 2.05) is 52.0 Å². The zero-order valence-corrected chi connectivity index (χ0v) is 23.1. The van der Waals surface area contributed by atoms with Crippen LogP contribution in [0.3, 0.4) is 0 Å². The van der Waals surface area contributed by atoms with E-state index < -0.39 is 34.1 Å². The second-order valence-corrected chi connectivity index (χ2v) is 11.6. The van der Waals surface area contributed by atoms with Crippen LogP contribution in [0.15, 0.2) is 42.5 Å². The predicted octanol–water partition coefficient (Wildman–Crippen LogP) is 3.11. The quantitative estimate of drug-likeness (QED) is 0.517. The number of benzene rings is 2. The summed E-state index contributed by atoms with van der Waals surface area (Å²) >= 11 is 0. The first-order chi connectivity index (χ1) is 16.7. The van der Waals surface area contributed by atoms with Crippen LogP contribution in [0, 0.1) is 6.92 Å². The number of aryl methyl sites for hydroxylation is 1. The molecule has 0 aliphatic carbocycles. The van der Waals surface area contributed by atoms with Crippen molar-refractivity contribution in [1.29, 1.82) is 0 Å². The van der Waals surface area contributed by atoms with Crippen LogP contribution in [0.5, 0.6) is 11.5 Å². The highest BCUT2D eigenvalue weighted by atomic mass is 32.2. The maximum absolute atomic E-state index is 13.7. The van der Waals surface area contributed by atoms with Crippen molar-refractivity contribution in [2.75, 3.05) is 31.3 Å². The monoisotopic (exact) mass is 519 g/mol. The predicted molar refractivity (Wildman–Crippen MR) is 141 cm³/mol. The van der Waals surface area contributed by atoms with Gasteiger partial charge in [-0.3, -0.25) is 13.9 Å². The van der Waals surface area contributed by atoms with Gasteiger partial charge < -0.3 is 19.7 Å².